The number of carbonyl (C=O) groups excluding carboxylic acids is 1. The van der Waals surface area contributed by atoms with Crippen molar-refractivity contribution in [3.8, 4) is 5.19 Å². The minimum Gasteiger partial charge on any atom is -0.467 e. The number of rotatable bonds is 11. The Morgan fingerprint density at radius 3 is 2.81 bits per heavy atom. The summed E-state index contributed by atoms with van der Waals surface area (Å²) in [5.41, 5.74) is -0.0575. The molecule has 0 radical (unpaired) electrons. The van der Waals surface area contributed by atoms with Gasteiger partial charge in [-0.15, -0.1) is 0 Å². The minimum absolute atomic E-state index is 0.0575. The summed E-state index contributed by atoms with van der Waals surface area (Å²) in [5, 5.41) is 16.4. The molecule has 0 spiro atoms. The summed E-state index contributed by atoms with van der Waals surface area (Å²) in [7, 11) is 0. The second-order valence-electron chi connectivity index (χ2n) is 7.66. The van der Waals surface area contributed by atoms with Crippen LogP contribution in [0.5, 0.6) is 5.19 Å². The molecular formula is C19H33N3O3S. The number of allylic oxidation sites excluding steroid dienone is 2. The molecule has 1 unspecified atom stereocenters. The maximum Gasteiger partial charge on any atom is 0.273 e. The summed E-state index contributed by atoms with van der Waals surface area (Å²) in [4.78, 5) is 16.7. The lowest BCUT2D eigenvalue weighted by Gasteiger charge is -2.22. The van der Waals surface area contributed by atoms with Gasteiger partial charge in [0.1, 0.15) is 17.6 Å². The average molecular weight is 384 g/mol. The molecule has 0 bridgehead atoms. The van der Waals surface area contributed by atoms with Crippen molar-refractivity contribution in [2.45, 2.75) is 59.1 Å². The molecule has 1 aromatic heterocycles. The van der Waals surface area contributed by atoms with E-state index < -0.39 is 6.10 Å². The predicted molar refractivity (Wildman–Crippen MR) is 107 cm³/mol. The number of aliphatic hydroxyl groups excluding tert-OH is 1. The number of carbonyl (C=O) groups is 1. The highest BCUT2D eigenvalue weighted by atomic mass is 32.1. The molecule has 1 atom stereocenters. The Balaban J connectivity index is 2.27. The van der Waals surface area contributed by atoms with E-state index in [2.05, 4.69) is 41.6 Å². The topological polar surface area (TPSA) is 83.5 Å². The zero-order chi connectivity index (χ0) is 19.6. The Morgan fingerprint density at radius 2 is 2.15 bits per heavy atom. The number of unbranched alkanes of at least 4 members (excludes halogenated alkanes) is 1. The van der Waals surface area contributed by atoms with Gasteiger partial charge < -0.3 is 20.5 Å². The van der Waals surface area contributed by atoms with Crippen molar-refractivity contribution < 1.29 is 14.6 Å². The average Bonchev–Trinajstić information content (AvgIpc) is 3.02. The molecule has 1 amide bonds. The molecule has 0 aliphatic carbocycles. The second kappa shape index (κ2) is 11.3. The van der Waals surface area contributed by atoms with Gasteiger partial charge in [-0.25, -0.2) is 4.98 Å². The number of hydrogen-bond donors (Lipinski definition) is 3. The van der Waals surface area contributed by atoms with Crippen molar-refractivity contribution in [2.75, 3.05) is 19.7 Å². The molecule has 3 N–H and O–H groups in total. The van der Waals surface area contributed by atoms with Gasteiger partial charge in [0.15, 0.2) is 0 Å². The first kappa shape index (κ1) is 22.6. The largest absolute Gasteiger partial charge is 0.467 e. The highest BCUT2D eigenvalue weighted by Crippen LogP contribution is 2.20. The fourth-order valence-electron chi connectivity index (χ4n) is 1.96. The van der Waals surface area contributed by atoms with Crippen molar-refractivity contribution >= 4 is 17.2 Å². The zero-order valence-electron chi connectivity index (χ0n) is 16.5. The van der Waals surface area contributed by atoms with Gasteiger partial charge in [-0.2, -0.15) is 0 Å². The van der Waals surface area contributed by atoms with Crippen LogP contribution in [0, 0.1) is 5.92 Å². The van der Waals surface area contributed by atoms with Crippen molar-refractivity contribution in [2.24, 2.45) is 5.92 Å². The summed E-state index contributed by atoms with van der Waals surface area (Å²) < 4.78 is 5.47. The van der Waals surface area contributed by atoms with Crippen LogP contribution in [0.3, 0.4) is 0 Å². The minimum atomic E-state index is -0.630. The van der Waals surface area contributed by atoms with Gasteiger partial charge >= 0.3 is 0 Å². The number of thiazole rings is 1. The van der Waals surface area contributed by atoms with Crippen molar-refractivity contribution in [1.29, 1.82) is 0 Å². The Morgan fingerprint density at radius 1 is 1.42 bits per heavy atom. The number of aromatic nitrogens is 1. The van der Waals surface area contributed by atoms with Crippen molar-refractivity contribution in [3.05, 3.63) is 23.2 Å². The Kier molecular flexibility index (Phi) is 9.83. The molecule has 0 aromatic carbocycles. The first-order valence-electron chi connectivity index (χ1n) is 9.14. The molecule has 0 aliphatic rings. The Labute approximate surface area is 161 Å². The summed E-state index contributed by atoms with van der Waals surface area (Å²) in [5.74, 6) is 0.420. The standard InChI is InChI=1S/C19H33N3O3S/c1-14(2)9-7-6-8-10-20-17(24)16-12-21-18(26-16)25-13-15(23)11-22-19(3,4)5/h7,9,12,14-15,22-23H,6,8,10-11,13H2,1-5H3,(H,20,24)/b9-7+. The highest BCUT2D eigenvalue weighted by Gasteiger charge is 2.14. The van der Waals surface area contributed by atoms with E-state index in [1.165, 1.54) is 17.5 Å². The van der Waals surface area contributed by atoms with Crippen molar-refractivity contribution in [3.63, 3.8) is 0 Å². The van der Waals surface area contributed by atoms with Gasteiger partial charge in [0.2, 0.25) is 0 Å². The number of nitrogens with one attached hydrogen (secondary N) is 2. The third-order valence-electron chi connectivity index (χ3n) is 3.33. The first-order valence-corrected chi connectivity index (χ1v) is 9.95. The van der Waals surface area contributed by atoms with Crippen LogP contribution in [0.2, 0.25) is 0 Å². The molecule has 0 saturated heterocycles. The summed E-state index contributed by atoms with van der Waals surface area (Å²) in [6, 6.07) is 0. The molecule has 6 nitrogen and oxygen atoms in total. The molecule has 0 fully saturated rings. The van der Waals surface area contributed by atoms with Gasteiger partial charge in [-0.3, -0.25) is 4.79 Å². The number of aliphatic hydroxyl groups is 1. The van der Waals surface area contributed by atoms with Crippen LogP contribution in [0.1, 0.15) is 57.1 Å². The summed E-state index contributed by atoms with van der Waals surface area (Å²) in [6.07, 6.45) is 7.05. The lowest BCUT2D eigenvalue weighted by molar-refractivity contribution is 0.0957. The van der Waals surface area contributed by atoms with E-state index in [0.717, 1.165) is 12.8 Å². The Hall–Kier alpha value is -1.44. The van der Waals surface area contributed by atoms with E-state index in [1.807, 2.05) is 20.8 Å². The van der Waals surface area contributed by atoms with Crippen LogP contribution in [0.4, 0.5) is 0 Å². The molecule has 0 saturated carbocycles. The number of ether oxygens (including phenoxy) is 1. The molecule has 26 heavy (non-hydrogen) atoms. The van der Waals surface area contributed by atoms with Crippen LogP contribution in [0.25, 0.3) is 0 Å². The van der Waals surface area contributed by atoms with Crippen LogP contribution < -0.4 is 15.4 Å². The number of nitrogens with zero attached hydrogens (tertiary/aromatic N) is 1. The molecule has 7 heteroatoms. The molecule has 1 heterocycles. The SMILES string of the molecule is CC(C)/C=C/CCCNC(=O)c1cnc(OCC(O)CNC(C)(C)C)s1. The number of amides is 1. The first-order chi connectivity index (χ1) is 12.2. The van der Waals surface area contributed by atoms with Gasteiger partial charge in [-0.1, -0.05) is 37.3 Å². The fraction of sp³-hybridized carbons (Fsp3) is 0.684. The maximum atomic E-state index is 12.1. The van der Waals surface area contributed by atoms with Gasteiger partial charge in [-0.05, 0) is 39.5 Å². The molecule has 148 valence electrons. The van der Waals surface area contributed by atoms with Gasteiger partial charge in [0.25, 0.3) is 11.1 Å². The fourth-order valence-corrected chi connectivity index (χ4v) is 2.65. The number of β-amino-alcohol motifs (C(OH)–C–C–N with tert-alkyl or cyclic N) is 1. The molecule has 1 aromatic rings. The van der Waals surface area contributed by atoms with E-state index in [1.54, 1.807) is 0 Å². The van der Waals surface area contributed by atoms with Crippen LogP contribution in [-0.4, -0.2) is 47.3 Å². The highest BCUT2D eigenvalue weighted by molar-refractivity contribution is 7.15. The third kappa shape index (κ3) is 10.5. The summed E-state index contributed by atoms with van der Waals surface area (Å²) >= 11 is 1.19. The maximum absolute atomic E-state index is 12.1. The van der Waals surface area contributed by atoms with E-state index in [9.17, 15) is 9.90 Å². The predicted octanol–water partition coefficient (Wildman–Crippen LogP) is 2.99. The van der Waals surface area contributed by atoms with Crippen LogP contribution in [0.15, 0.2) is 18.3 Å². The second-order valence-corrected chi connectivity index (χ2v) is 8.65. The van der Waals surface area contributed by atoms with E-state index in [-0.39, 0.29) is 18.1 Å². The monoisotopic (exact) mass is 383 g/mol. The van der Waals surface area contributed by atoms with Gasteiger partial charge in [0, 0.05) is 18.6 Å². The van der Waals surface area contributed by atoms with Crippen LogP contribution in [-0.2, 0) is 0 Å². The van der Waals surface area contributed by atoms with Gasteiger partial charge in [0.05, 0.1) is 6.20 Å². The normalized spacial score (nSPS) is 13.3. The quantitative estimate of drug-likeness (QED) is 0.404. The lowest BCUT2D eigenvalue weighted by Crippen LogP contribution is -2.42. The smallest absolute Gasteiger partial charge is 0.273 e. The van der Waals surface area contributed by atoms with E-state index in [0.29, 0.717) is 29.1 Å². The zero-order valence-corrected chi connectivity index (χ0v) is 17.4. The van der Waals surface area contributed by atoms with Crippen molar-refractivity contribution in [1.82, 2.24) is 15.6 Å². The van der Waals surface area contributed by atoms with E-state index in [4.69, 9.17) is 4.74 Å². The Bertz CT molecular complexity index is 565. The molecule has 0 aliphatic heterocycles. The molecular weight excluding hydrogens is 350 g/mol. The number of hydrogen-bond acceptors (Lipinski definition) is 6. The summed E-state index contributed by atoms with van der Waals surface area (Å²) in [6.45, 7) is 11.6. The lowest BCUT2D eigenvalue weighted by atomic mass is 10.1. The molecule has 1 rings (SSSR count). The third-order valence-corrected chi connectivity index (χ3v) is 4.24. The van der Waals surface area contributed by atoms with Crippen LogP contribution >= 0.6 is 11.3 Å². The van der Waals surface area contributed by atoms with E-state index >= 15 is 0 Å².